The zero-order valence-corrected chi connectivity index (χ0v) is 8.43. The number of halogens is 1. The van der Waals surface area contributed by atoms with Crippen LogP contribution in [0.2, 0.25) is 5.15 Å². The Morgan fingerprint density at radius 3 is 3.08 bits per heavy atom. The van der Waals surface area contributed by atoms with E-state index in [1.807, 2.05) is 12.3 Å². The van der Waals surface area contributed by atoms with Gasteiger partial charge in [-0.2, -0.15) is 0 Å². The average molecular weight is 197 g/mol. The van der Waals surface area contributed by atoms with Gasteiger partial charge in [-0.3, -0.25) is 0 Å². The number of aryl methyl sites for hydroxylation is 1. The Balaban J connectivity index is 2.29. The summed E-state index contributed by atoms with van der Waals surface area (Å²) < 4.78 is 0. The molecule has 2 heterocycles. The van der Waals surface area contributed by atoms with Crippen LogP contribution >= 0.6 is 11.6 Å². The molecule has 13 heavy (non-hydrogen) atoms. The minimum absolute atomic E-state index is 0.491. The molecule has 3 heteroatoms. The van der Waals surface area contributed by atoms with E-state index in [9.17, 15) is 0 Å². The van der Waals surface area contributed by atoms with E-state index < -0.39 is 0 Å². The van der Waals surface area contributed by atoms with E-state index in [1.165, 1.54) is 24.0 Å². The van der Waals surface area contributed by atoms with Crippen molar-refractivity contribution < 1.29 is 0 Å². The summed E-state index contributed by atoms with van der Waals surface area (Å²) in [5, 5.41) is 4.03. The third-order valence-corrected chi connectivity index (χ3v) is 2.76. The van der Waals surface area contributed by atoms with Crippen LogP contribution in [0.15, 0.2) is 12.3 Å². The maximum atomic E-state index is 5.79. The van der Waals surface area contributed by atoms with Crippen molar-refractivity contribution in [3.63, 3.8) is 0 Å². The topological polar surface area (TPSA) is 24.9 Å². The van der Waals surface area contributed by atoms with Crippen LogP contribution in [-0.2, 0) is 0 Å². The first-order chi connectivity index (χ1) is 6.27. The largest absolute Gasteiger partial charge is 0.310 e. The van der Waals surface area contributed by atoms with E-state index in [0.29, 0.717) is 11.2 Å². The number of rotatable bonds is 1. The summed E-state index contributed by atoms with van der Waals surface area (Å²) in [4.78, 5) is 4.11. The highest BCUT2D eigenvalue weighted by molar-refractivity contribution is 6.29. The average Bonchev–Trinajstić information content (AvgIpc) is 2.56. The van der Waals surface area contributed by atoms with E-state index in [2.05, 4.69) is 17.2 Å². The van der Waals surface area contributed by atoms with Crippen LogP contribution in [0.4, 0.5) is 0 Å². The van der Waals surface area contributed by atoms with Gasteiger partial charge in [0.2, 0.25) is 0 Å². The molecule has 2 rings (SSSR count). The molecule has 0 radical (unpaired) electrons. The van der Waals surface area contributed by atoms with Gasteiger partial charge >= 0.3 is 0 Å². The van der Waals surface area contributed by atoms with Gasteiger partial charge in [-0.15, -0.1) is 0 Å². The molecule has 1 N–H and O–H groups in total. The molecule has 1 fully saturated rings. The molecule has 1 aromatic heterocycles. The molecular weight excluding hydrogens is 184 g/mol. The lowest BCUT2D eigenvalue weighted by molar-refractivity contribution is 0.641. The van der Waals surface area contributed by atoms with Crippen molar-refractivity contribution in [3.05, 3.63) is 28.5 Å². The fourth-order valence-electron chi connectivity index (χ4n) is 1.85. The first kappa shape index (κ1) is 8.97. The molecule has 0 unspecified atom stereocenters. The van der Waals surface area contributed by atoms with E-state index in [0.717, 1.165) is 6.54 Å². The zero-order chi connectivity index (χ0) is 9.26. The molecule has 0 aliphatic carbocycles. The Bertz CT molecular complexity index is 306. The van der Waals surface area contributed by atoms with Gasteiger partial charge in [0.05, 0.1) is 0 Å². The highest BCUT2D eigenvalue weighted by Crippen LogP contribution is 2.25. The first-order valence-electron chi connectivity index (χ1n) is 4.63. The fourth-order valence-corrected chi connectivity index (χ4v) is 2.06. The summed E-state index contributed by atoms with van der Waals surface area (Å²) in [5.41, 5.74) is 2.53. The summed E-state index contributed by atoms with van der Waals surface area (Å²) in [6, 6.07) is 2.42. The van der Waals surface area contributed by atoms with Crippen molar-refractivity contribution in [2.75, 3.05) is 6.54 Å². The molecule has 1 saturated heterocycles. The standard InChI is InChI=1S/C10H13ClN2/c1-7-5-10(11)13-6-8(7)9-3-2-4-12-9/h5-6,9,12H,2-4H2,1H3/t9-/m0/s1. The van der Waals surface area contributed by atoms with Crippen LogP contribution < -0.4 is 5.32 Å². The summed E-state index contributed by atoms with van der Waals surface area (Å²) in [5.74, 6) is 0. The lowest BCUT2D eigenvalue weighted by Crippen LogP contribution is -2.14. The number of nitrogens with one attached hydrogen (secondary N) is 1. The normalized spacial score (nSPS) is 22.2. The first-order valence-corrected chi connectivity index (χ1v) is 5.00. The quantitative estimate of drug-likeness (QED) is 0.699. The maximum Gasteiger partial charge on any atom is 0.129 e. The lowest BCUT2D eigenvalue weighted by Gasteiger charge is -2.12. The summed E-state index contributed by atoms with van der Waals surface area (Å²) in [7, 11) is 0. The van der Waals surface area contributed by atoms with Crippen molar-refractivity contribution >= 4 is 11.6 Å². The zero-order valence-electron chi connectivity index (χ0n) is 7.68. The molecule has 0 spiro atoms. The van der Waals surface area contributed by atoms with Crippen LogP contribution in [0.25, 0.3) is 0 Å². The van der Waals surface area contributed by atoms with E-state index >= 15 is 0 Å². The fraction of sp³-hybridized carbons (Fsp3) is 0.500. The highest BCUT2D eigenvalue weighted by atomic mass is 35.5. The molecule has 70 valence electrons. The highest BCUT2D eigenvalue weighted by Gasteiger charge is 2.17. The molecule has 1 aliphatic rings. The van der Waals surface area contributed by atoms with Gasteiger partial charge < -0.3 is 5.32 Å². The molecule has 1 atom stereocenters. The van der Waals surface area contributed by atoms with Crippen molar-refractivity contribution in [2.24, 2.45) is 0 Å². The summed E-state index contributed by atoms with van der Waals surface area (Å²) >= 11 is 5.79. The Kier molecular flexibility index (Phi) is 2.51. The van der Waals surface area contributed by atoms with Gasteiger partial charge in [0.1, 0.15) is 5.15 Å². The van der Waals surface area contributed by atoms with Crippen LogP contribution in [0.3, 0.4) is 0 Å². The number of hydrogen-bond acceptors (Lipinski definition) is 2. The van der Waals surface area contributed by atoms with E-state index in [4.69, 9.17) is 11.6 Å². The van der Waals surface area contributed by atoms with Crippen LogP contribution in [0.5, 0.6) is 0 Å². The summed E-state index contributed by atoms with van der Waals surface area (Å²) in [6.45, 7) is 3.20. The SMILES string of the molecule is Cc1cc(Cl)ncc1[C@@H]1CCCN1. The molecule has 0 amide bonds. The van der Waals surface area contributed by atoms with Crippen molar-refractivity contribution in [2.45, 2.75) is 25.8 Å². The number of nitrogens with zero attached hydrogens (tertiary/aromatic N) is 1. The van der Waals surface area contributed by atoms with Crippen LogP contribution in [0.1, 0.15) is 30.0 Å². The van der Waals surface area contributed by atoms with Gasteiger partial charge in [0, 0.05) is 12.2 Å². The smallest absolute Gasteiger partial charge is 0.129 e. The van der Waals surface area contributed by atoms with Gasteiger partial charge in [0.15, 0.2) is 0 Å². The molecule has 0 aromatic carbocycles. The lowest BCUT2D eigenvalue weighted by atomic mass is 10.0. The third-order valence-electron chi connectivity index (χ3n) is 2.55. The second-order valence-electron chi connectivity index (χ2n) is 3.51. The van der Waals surface area contributed by atoms with Gasteiger partial charge in [-0.1, -0.05) is 11.6 Å². The summed E-state index contributed by atoms with van der Waals surface area (Å²) in [6.07, 6.45) is 4.36. The molecular formula is C10H13ClN2. The molecule has 2 nitrogen and oxygen atoms in total. The van der Waals surface area contributed by atoms with E-state index in [-0.39, 0.29) is 0 Å². The maximum absolute atomic E-state index is 5.79. The minimum Gasteiger partial charge on any atom is -0.310 e. The Labute approximate surface area is 83.3 Å². The Hall–Kier alpha value is -0.600. The van der Waals surface area contributed by atoms with Gasteiger partial charge in [0.25, 0.3) is 0 Å². The van der Waals surface area contributed by atoms with Crippen LogP contribution in [-0.4, -0.2) is 11.5 Å². The van der Waals surface area contributed by atoms with Crippen LogP contribution in [0, 0.1) is 6.92 Å². The van der Waals surface area contributed by atoms with Crippen molar-refractivity contribution in [1.82, 2.24) is 10.3 Å². The third kappa shape index (κ3) is 1.84. The predicted molar refractivity (Wildman–Crippen MR) is 54.0 cm³/mol. The number of hydrogen-bond donors (Lipinski definition) is 1. The van der Waals surface area contributed by atoms with Crippen molar-refractivity contribution in [3.8, 4) is 0 Å². The molecule has 1 aliphatic heterocycles. The Morgan fingerprint density at radius 1 is 1.62 bits per heavy atom. The minimum atomic E-state index is 0.491. The van der Waals surface area contributed by atoms with E-state index in [1.54, 1.807) is 0 Å². The molecule has 1 aromatic rings. The monoisotopic (exact) mass is 196 g/mol. The predicted octanol–water partition coefficient (Wildman–Crippen LogP) is 2.47. The van der Waals surface area contributed by atoms with Gasteiger partial charge in [-0.05, 0) is 43.5 Å². The number of pyridine rings is 1. The second kappa shape index (κ2) is 3.64. The van der Waals surface area contributed by atoms with Crippen molar-refractivity contribution in [1.29, 1.82) is 0 Å². The second-order valence-corrected chi connectivity index (χ2v) is 3.90. The Morgan fingerprint density at radius 2 is 2.46 bits per heavy atom. The molecule has 0 saturated carbocycles. The molecule has 0 bridgehead atoms. The van der Waals surface area contributed by atoms with Gasteiger partial charge in [-0.25, -0.2) is 4.98 Å². The number of aromatic nitrogens is 1.